The number of primary amides is 1. The van der Waals surface area contributed by atoms with Gasteiger partial charge in [0.05, 0.1) is 12.3 Å². The van der Waals surface area contributed by atoms with E-state index in [9.17, 15) is 9.90 Å². The van der Waals surface area contributed by atoms with Crippen LogP contribution in [-0.2, 0) is 10.2 Å². The first-order chi connectivity index (χ1) is 6.90. The zero-order valence-corrected chi connectivity index (χ0v) is 9.10. The van der Waals surface area contributed by atoms with E-state index >= 15 is 0 Å². The van der Waals surface area contributed by atoms with Crippen LogP contribution < -0.4 is 5.73 Å². The van der Waals surface area contributed by atoms with Gasteiger partial charge in [-0.2, -0.15) is 0 Å². The summed E-state index contributed by atoms with van der Waals surface area (Å²) in [6.45, 7) is 5.17. The Morgan fingerprint density at radius 3 is 2.60 bits per heavy atom. The number of carbonyl (C=O) groups excluding carboxylic acids is 1. The summed E-state index contributed by atoms with van der Waals surface area (Å²) in [5.74, 6) is -0.441. The van der Waals surface area contributed by atoms with Crippen molar-refractivity contribution in [3.05, 3.63) is 18.0 Å². The molecule has 0 radical (unpaired) electrons. The average molecular weight is 212 g/mol. The molecule has 3 N–H and O–H groups in total. The van der Waals surface area contributed by atoms with Crippen LogP contribution in [0.2, 0.25) is 0 Å². The Morgan fingerprint density at radius 1 is 1.67 bits per heavy atom. The lowest BCUT2D eigenvalue weighted by molar-refractivity contribution is -0.129. The first-order valence-corrected chi connectivity index (χ1v) is 4.79. The summed E-state index contributed by atoms with van der Waals surface area (Å²) in [5, 5.41) is 13.5. The second-order valence-electron chi connectivity index (χ2n) is 4.13. The summed E-state index contributed by atoms with van der Waals surface area (Å²) in [5.41, 5.74) is 4.08. The predicted octanol–water partition coefficient (Wildman–Crippen LogP) is 0.434. The molecule has 1 heterocycles. The number of hydrogen-bond donors (Lipinski definition) is 2. The number of aromatic nitrogens is 1. The third-order valence-corrected chi connectivity index (χ3v) is 2.68. The van der Waals surface area contributed by atoms with E-state index in [-0.39, 0.29) is 11.7 Å². The molecule has 5 nitrogen and oxygen atoms in total. The van der Waals surface area contributed by atoms with Gasteiger partial charge in [0.2, 0.25) is 5.91 Å². The number of rotatable bonds is 4. The maximum atomic E-state index is 11.4. The van der Waals surface area contributed by atoms with Crippen molar-refractivity contribution >= 4 is 5.91 Å². The SMILES string of the molecule is CC(C)C(O)C(C)(C(N)=O)c1ccno1. The van der Waals surface area contributed by atoms with Crippen molar-refractivity contribution in [1.29, 1.82) is 0 Å². The standard InChI is InChI=1S/C10H16N2O3/c1-6(2)8(13)10(3,9(11)14)7-4-5-12-15-7/h4-6,8,13H,1-3H3,(H2,11,14). The molecule has 2 atom stereocenters. The van der Waals surface area contributed by atoms with E-state index in [1.165, 1.54) is 12.3 Å². The first-order valence-electron chi connectivity index (χ1n) is 4.79. The van der Waals surface area contributed by atoms with Crippen LogP contribution >= 0.6 is 0 Å². The van der Waals surface area contributed by atoms with Crippen LogP contribution in [0.25, 0.3) is 0 Å². The molecule has 1 aromatic heterocycles. The summed E-state index contributed by atoms with van der Waals surface area (Å²) < 4.78 is 4.92. The van der Waals surface area contributed by atoms with Gasteiger partial charge in [-0.3, -0.25) is 4.79 Å². The molecule has 0 saturated carbocycles. The zero-order chi connectivity index (χ0) is 11.6. The molecule has 0 aliphatic carbocycles. The first kappa shape index (κ1) is 11.7. The number of hydrogen-bond acceptors (Lipinski definition) is 4. The van der Waals surface area contributed by atoms with Crippen LogP contribution in [-0.4, -0.2) is 22.3 Å². The number of carbonyl (C=O) groups is 1. The minimum absolute atomic E-state index is 0.104. The molecule has 1 rings (SSSR count). The second kappa shape index (κ2) is 4.02. The van der Waals surface area contributed by atoms with E-state index in [4.69, 9.17) is 10.3 Å². The van der Waals surface area contributed by atoms with E-state index in [1.54, 1.807) is 6.92 Å². The van der Waals surface area contributed by atoms with Crippen molar-refractivity contribution in [3.8, 4) is 0 Å². The maximum absolute atomic E-state index is 11.4. The van der Waals surface area contributed by atoms with E-state index in [1.807, 2.05) is 13.8 Å². The van der Waals surface area contributed by atoms with Crippen LogP contribution in [0.15, 0.2) is 16.8 Å². The lowest BCUT2D eigenvalue weighted by Crippen LogP contribution is -2.50. The van der Waals surface area contributed by atoms with Gasteiger partial charge >= 0.3 is 0 Å². The lowest BCUT2D eigenvalue weighted by atomic mass is 9.76. The van der Waals surface area contributed by atoms with Crippen molar-refractivity contribution in [3.63, 3.8) is 0 Å². The molecule has 0 aliphatic rings. The van der Waals surface area contributed by atoms with Crippen LogP contribution in [0.4, 0.5) is 0 Å². The van der Waals surface area contributed by atoms with Crippen molar-refractivity contribution in [2.75, 3.05) is 0 Å². The van der Waals surface area contributed by atoms with Crippen LogP contribution in [0.5, 0.6) is 0 Å². The Morgan fingerprint density at radius 2 is 2.27 bits per heavy atom. The van der Waals surface area contributed by atoms with Gasteiger partial charge in [0.15, 0.2) is 5.76 Å². The molecule has 0 fully saturated rings. The van der Waals surface area contributed by atoms with Crippen molar-refractivity contribution in [2.24, 2.45) is 11.7 Å². The van der Waals surface area contributed by atoms with Gasteiger partial charge in [-0.1, -0.05) is 19.0 Å². The van der Waals surface area contributed by atoms with E-state index in [2.05, 4.69) is 5.16 Å². The molecular formula is C10H16N2O3. The molecule has 0 bridgehead atoms. The highest BCUT2D eigenvalue weighted by Gasteiger charge is 2.45. The van der Waals surface area contributed by atoms with E-state index < -0.39 is 17.4 Å². The Labute approximate surface area is 88.2 Å². The van der Waals surface area contributed by atoms with E-state index in [0.717, 1.165) is 0 Å². The lowest BCUT2D eigenvalue weighted by Gasteiger charge is -2.31. The maximum Gasteiger partial charge on any atom is 0.233 e. The smallest absolute Gasteiger partial charge is 0.233 e. The van der Waals surface area contributed by atoms with Crippen LogP contribution in [0, 0.1) is 5.92 Å². The minimum atomic E-state index is -1.23. The largest absolute Gasteiger partial charge is 0.391 e. The summed E-state index contributed by atoms with van der Waals surface area (Å²) >= 11 is 0. The highest BCUT2D eigenvalue weighted by atomic mass is 16.5. The Bertz CT molecular complexity index is 334. The van der Waals surface area contributed by atoms with Gasteiger partial charge in [-0.05, 0) is 12.8 Å². The predicted molar refractivity (Wildman–Crippen MR) is 53.9 cm³/mol. The molecule has 15 heavy (non-hydrogen) atoms. The fraction of sp³-hybridized carbons (Fsp3) is 0.600. The number of aliphatic hydroxyl groups is 1. The topological polar surface area (TPSA) is 89.4 Å². The minimum Gasteiger partial charge on any atom is -0.391 e. The monoisotopic (exact) mass is 212 g/mol. The molecule has 84 valence electrons. The Kier molecular flexibility index (Phi) is 3.14. The second-order valence-corrected chi connectivity index (χ2v) is 4.13. The molecule has 2 unspecified atom stereocenters. The number of nitrogens with two attached hydrogens (primary N) is 1. The highest BCUT2D eigenvalue weighted by Crippen LogP contribution is 2.30. The molecule has 0 spiro atoms. The fourth-order valence-electron chi connectivity index (χ4n) is 1.56. The van der Waals surface area contributed by atoms with Gasteiger partial charge in [0, 0.05) is 6.07 Å². The van der Waals surface area contributed by atoms with Gasteiger partial charge in [-0.25, -0.2) is 0 Å². The van der Waals surface area contributed by atoms with Crippen molar-refractivity contribution < 1.29 is 14.4 Å². The van der Waals surface area contributed by atoms with Gasteiger partial charge in [0.1, 0.15) is 5.41 Å². The summed E-state index contributed by atoms with van der Waals surface area (Å²) in [6, 6.07) is 1.54. The molecular weight excluding hydrogens is 196 g/mol. The highest BCUT2D eigenvalue weighted by molar-refractivity contribution is 5.86. The molecule has 5 heteroatoms. The third-order valence-electron chi connectivity index (χ3n) is 2.68. The fourth-order valence-corrected chi connectivity index (χ4v) is 1.56. The number of aliphatic hydroxyl groups excluding tert-OH is 1. The number of amides is 1. The van der Waals surface area contributed by atoms with Gasteiger partial charge in [0.25, 0.3) is 0 Å². The summed E-state index contributed by atoms with van der Waals surface area (Å²) in [6.07, 6.45) is 0.520. The molecule has 1 amide bonds. The van der Waals surface area contributed by atoms with E-state index in [0.29, 0.717) is 0 Å². The molecule has 0 aliphatic heterocycles. The molecule has 1 aromatic rings. The summed E-state index contributed by atoms with van der Waals surface area (Å²) in [7, 11) is 0. The van der Waals surface area contributed by atoms with Crippen molar-refractivity contribution in [2.45, 2.75) is 32.3 Å². The summed E-state index contributed by atoms with van der Waals surface area (Å²) in [4.78, 5) is 11.4. The average Bonchev–Trinajstić information content (AvgIpc) is 2.67. The van der Waals surface area contributed by atoms with Crippen LogP contribution in [0.1, 0.15) is 26.5 Å². The molecule has 0 saturated heterocycles. The van der Waals surface area contributed by atoms with Crippen LogP contribution in [0.3, 0.4) is 0 Å². The number of nitrogens with zero attached hydrogens (tertiary/aromatic N) is 1. The zero-order valence-electron chi connectivity index (χ0n) is 9.10. The van der Waals surface area contributed by atoms with Gasteiger partial charge < -0.3 is 15.4 Å². The normalized spacial score (nSPS) is 17.4. The van der Waals surface area contributed by atoms with Crippen molar-refractivity contribution in [1.82, 2.24) is 5.16 Å². The molecule has 0 aromatic carbocycles. The Balaban J connectivity index is 3.15. The Hall–Kier alpha value is -1.36. The third kappa shape index (κ3) is 1.87. The van der Waals surface area contributed by atoms with Gasteiger partial charge in [-0.15, -0.1) is 0 Å². The quantitative estimate of drug-likeness (QED) is 0.757.